The summed E-state index contributed by atoms with van der Waals surface area (Å²) in [6.45, 7) is 4.14. The van der Waals surface area contributed by atoms with Gasteiger partial charge in [0.15, 0.2) is 5.79 Å². The van der Waals surface area contributed by atoms with E-state index in [0.717, 1.165) is 22.4 Å². The van der Waals surface area contributed by atoms with E-state index in [4.69, 9.17) is 9.47 Å². The molecule has 3 aromatic rings. The predicted octanol–water partition coefficient (Wildman–Crippen LogP) is 5.43. The molecule has 1 aliphatic rings. The molecule has 0 spiro atoms. The van der Waals surface area contributed by atoms with Crippen LogP contribution in [0.1, 0.15) is 25.5 Å². The topological polar surface area (TPSA) is 59.6 Å². The lowest BCUT2D eigenvalue weighted by molar-refractivity contribution is -0.284. The van der Waals surface area contributed by atoms with Crippen LogP contribution in [0.15, 0.2) is 71.4 Å². The van der Waals surface area contributed by atoms with Crippen molar-refractivity contribution in [1.82, 2.24) is 5.32 Å². The summed E-state index contributed by atoms with van der Waals surface area (Å²) in [6, 6.07) is 19.1. The molecule has 1 fully saturated rings. The number of carbonyl (C=O) groups excluding carboxylic acids is 1. The summed E-state index contributed by atoms with van der Waals surface area (Å²) in [5, 5.41) is 10.1. The van der Waals surface area contributed by atoms with Crippen LogP contribution in [-0.2, 0) is 9.47 Å². The second-order valence-electron chi connectivity index (χ2n) is 7.42. The first-order chi connectivity index (χ1) is 14.0. The molecule has 0 aliphatic carbocycles. The lowest BCUT2D eigenvalue weighted by Crippen LogP contribution is -2.52. The maximum absolute atomic E-state index is 12.8. The highest BCUT2D eigenvalue weighted by molar-refractivity contribution is 7.08. The average molecular weight is 409 g/mol. The maximum atomic E-state index is 12.8. The summed E-state index contributed by atoms with van der Waals surface area (Å²) < 4.78 is 11.9. The van der Waals surface area contributed by atoms with Crippen molar-refractivity contribution in [3.63, 3.8) is 0 Å². The number of thiophene rings is 1. The number of hydrogen-bond donors (Lipinski definition) is 2. The Bertz CT molecular complexity index is 957. The number of amides is 2. The molecule has 1 aliphatic heterocycles. The summed E-state index contributed by atoms with van der Waals surface area (Å²) in [5.74, 6) is -0.708. The fourth-order valence-corrected chi connectivity index (χ4v) is 4.10. The van der Waals surface area contributed by atoms with E-state index in [2.05, 4.69) is 16.0 Å². The lowest BCUT2D eigenvalue weighted by atomic mass is 10.0. The van der Waals surface area contributed by atoms with E-state index in [0.29, 0.717) is 6.61 Å². The second-order valence-corrected chi connectivity index (χ2v) is 8.20. The third-order valence-corrected chi connectivity index (χ3v) is 5.52. The summed E-state index contributed by atoms with van der Waals surface area (Å²) in [5.41, 5.74) is 3.84. The van der Waals surface area contributed by atoms with Gasteiger partial charge in [0.05, 0.1) is 18.3 Å². The van der Waals surface area contributed by atoms with Gasteiger partial charge in [0, 0.05) is 5.56 Å². The Morgan fingerprint density at radius 1 is 1.07 bits per heavy atom. The van der Waals surface area contributed by atoms with Crippen molar-refractivity contribution in [2.75, 3.05) is 11.9 Å². The molecule has 6 heteroatoms. The molecule has 2 heterocycles. The van der Waals surface area contributed by atoms with Crippen LogP contribution in [0, 0.1) is 0 Å². The highest BCUT2D eigenvalue weighted by atomic mass is 32.1. The molecule has 1 saturated heterocycles. The Balaban J connectivity index is 1.51. The van der Waals surface area contributed by atoms with Gasteiger partial charge in [-0.15, -0.1) is 0 Å². The molecule has 2 N–H and O–H groups in total. The quantitative estimate of drug-likeness (QED) is 0.605. The van der Waals surface area contributed by atoms with Crippen LogP contribution in [0.25, 0.3) is 11.1 Å². The molecule has 2 atom stereocenters. The van der Waals surface area contributed by atoms with Gasteiger partial charge in [-0.2, -0.15) is 11.3 Å². The van der Waals surface area contributed by atoms with Crippen LogP contribution in [0.3, 0.4) is 0 Å². The van der Waals surface area contributed by atoms with Gasteiger partial charge in [0.2, 0.25) is 0 Å². The van der Waals surface area contributed by atoms with E-state index >= 15 is 0 Å². The number of urea groups is 1. The zero-order valence-corrected chi connectivity index (χ0v) is 17.2. The van der Waals surface area contributed by atoms with Gasteiger partial charge in [-0.3, -0.25) is 0 Å². The monoisotopic (exact) mass is 408 g/mol. The van der Waals surface area contributed by atoms with Crippen LogP contribution in [0.4, 0.5) is 10.5 Å². The second kappa shape index (κ2) is 8.37. The summed E-state index contributed by atoms with van der Waals surface area (Å²) in [4.78, 5) is 12.8. The smallest absolute Gasteiger partial charge is 0.319 e. The van der Waals surface area contributed by atoms with Gasteiger partial charge < -0.3 is 20.1 Å². The van der Waals surface area contributed by atoms with Crippen LogP contribution < -0.4 is 10.6 Å². The summed E-state index contributed by atoms with van der Waals surface area (Å²) in [6.07, 6.45) is -0.294. The van der Waals surface area contributed by atoms with E-state index in [9.17, 15) is 4.79 Å². The number of benzene rings is 2. The minimum Gasteiger partial charge on any atom is -0.348 e. The fraction of sp³-hybridized carbons (Fsp3) is 0.261. The maximum Gasteiger partial charge on any atom is 0.319 e. The highest BCUT2D eigenvalue weighted by Gasteiger charge is 2.38. The van der Waals surface area contributed by atoms with Gasteiger partial charge in [-0.1, -0.05) is 48.5 Å². The molecule has 0 unspecified atom stereocenters. The first-order valence-corrected chi connectivity index (χ1v) is 10.5. The van der Waals surface area contributed by atoms with Crippen LogP contribution >= 0.6 is 11.3 Å². The van der Waals surface area contributed by atoms with E-state index in [-0.39, 0.29) is 18.2 Å². The molecule has 5 nitrogen and oxygen atoms in total. The van der Waals surface area contributed by atoms with Gasteiger partial charge in [0.1, 0.15) is 6.10 Å². The lowest BCUT2D eigenvalue weighted by Gasteiger charge is -2.41. The van der Waals surface area contributed by atoms with Crippen LogP contribution in [0.5, 0.6) is 0 Å². The van der Waals surface area contributed by atoms with Crippen molar-refractivity contribution in [3.05, 3.63) is 77.0 Å². The Labute approximate surface area is 174 Å². The zero-order chi connectivity index (χ0) is 20.3. The molecule has 150 valence electrons. The van der Waals surface area contributed by atoms with Crippen molar-refractivity contribution in [2.45, 2.75) is 31.8 Å². The molecule has 1 aromatic heterocycles. The third kappa shape index (κ3) is 4.67. The summed E-state index contributed by atoms with van der Waals surface area (Å²) >= 11 is 1.63. The Kier molecular flexibility index (Phi) is 5.67. The minimum atomic E-state index is -0.708. The number of carbonyl (C=O) groups is 1. The zero-order valence-electron chi connectivity index (χ0n) is 16.4. The molecule has 2 amide bonds. The molecular weight excluding hydrogens is 384 g/mol. The van der Waals surface area contributed by atoms with Gasteiger partial charge >= 0.3 is 6.03 Å². The first kappa shape index (κ1) is 19.6. The molecular formula is C23H24N2O3S. The van der Waals surface area contributed by atoms with E-state index in [1.165, 1.54) is 0 Å². The van der Waals surface area contributed by atoms with Gasteiger partial charge in [0.25, 0.3) is 0 Å². The minimum absolute atomic E-state index is 0.287. The first-order valence-electron chi connectivity index (χ1n) is 9.58. The van der Waals surface area contributed by atoms with Gasteiger partial charge in [-0.05, 0) is 47.9 Å². The largest absolute Gasteiger partial charge is 0.348 e. The number of para-hydroxylation sites is 1. The van der Waals surface area contributed by atoms with Crippen molar-refractivity contribution in [1.29, 1.82) is 0 Å². The molecule has 29 heavy (non-hydrogen) atoms. The van der Waals surface area contributed by atoms with Crippen molar-refractivity contribution in [2.24, 2.45) is 0 Å². The molecule has 2 aromatic carbocycles. The molecule has 0 bridgehead atoms. The fourth-order valence-electron chi connectivity index (χ4n) is 3.45. The average Bonchev–Trinajstić information content (AvgIpc) is 3.25. The number of anilines is 1. The van der Waals surface area contributed by atoms with E-state index < -0.39 is 5.79 Å². The number of nitrogens with one attached hydrogen (secondary N) is 2. The Morgan fingerprint density at radius 2 is 1.83 bits per heavy atom. The molecule has 4 rings (SSSR count). The SMILES string of the molecule is CC1(C)OC[C@H](NC(=O)Nc2ccccc2-c2ccsc2)[C@H](c2ccccc2)O1. The van der Waals surface area contributed by atoms with Gasteiger partial charge in [-0.25, -0.2) is 4.79 Å². The van der Waals surface area contributed by atoms with E-state index in [1.54, 1.807) is 11.3 Å². The van der Waals surface area contributed by atoms with Crippen molar-refractivity contribution >= 4 is 23.1 Å². The summed E-state index contributed by atoms with van der Waals surface area (Å²) in [7, 11) is 0. The predicted molar refractivity (Wildman–Crippen MR) is 116 cm³/mol. The van der Waals surface area contributed by atoms with Crippen molar-refractivity contribution < 1.29 is 14.3 Å². The molecule has 0 radical (unpaired) electrons. The van der Waals surface area contributed by atoms with Crippen molar-refractivity contribution in [3.8, 4) is 11.1 Å². The van der Waals surface area contributed by atoms with Crippen LogP contribution in [-0.4, -0.2) is 24.5 Å². The third-order valence-electron chi connectivity index (χ3n) is 4.84. The van der Waals surface area contributed by atoms with E-state index in [1.807, 2.05) is 79.9 Å². The Morgan fingerprint density at radius 3 is 2.59 bits per heavy atom. The Hall–Kier alpha value is -2.67. The number of ether oxygens (including phenoxy) is 2. The van der Waals surface area contributed by atoms with Crippen LogP contribution in [0.2, 0.25) is 0 Å². The number of rotatable bonds is 4. The number of hydrogen-bond acceptors (Lipinski definition) is 4. The normalized spacial score (nSPS) is 20.8. The highest BCUT2D eigenvalue weighted by Crippen LogP contribution is 2.33. The molecule has 0 saturated carbocycles. The standard InChI is InChI=1S/C23H24N2O3S/c1-23(2)27-14-20(21(28-23)16-8-4-3-5-9-16)25-22(26)24-19-11-7-6-10-18(19)17-12-13-29-15-17/h3-13,15,20-21H,14H2,1-2H3,(H2,24,25,26)/t20-,21-/m0/s1.